The Hall–Kier alpha value is -2.74. The van der Waals surface area contributed by atoms with Gasteiger partial charge in [0.05, 0.1) is 5.39 Å². The summed E-state index contributed by atoms with van der Waals surface area (Å²) < 4.78 is 0. The van der Waals surface area contributed by atoms with Gasteiger partial charge in [0.15, 0.2) is 0 Å². The third kappa shape index (κ3) is 4.03. The summed E-state index contributed by atoms with van der Waals surface area (Å²) in [4.78, 5) is 37.5. The number of nitrogens with zero attached hydrogens (tertiary/aromatic N) is 3. The van der Waals surface area contributed by atoms with Gasteiger partial charge in [0.25, 0.3) is 5.91 Å². The molecule has 0 aliphatic carbocycles. The molecule has 3 aromatic heterocycles. The van der Waals surface area contributed by atoms with Gasteiger partial charge in [0.2, 0.25) is 5.56 Å². The lowest BCUT2D eigenvalue weighted by atomic mass is 10.1. The highest BCUT2D eigenvalue weighted by Crippen LogP contribution is 2.26. The number of fused-ring (bicyclic) bond motifs is 1. The van der Waals surface area contributed by atoms with Crippen molar-refractivity contribution in [2.45, 2.75) is 6.92 Å². The average molecular weight is 357 g/mol. The van der Waals surface area contributed by atoms with Gasteiger partial charge in [0, 0.05) is 26.2 Å². The Kier molecular flexibility index (Phi) is 5.08. The number of carbonyl (C=O) groups is 1. The summed E-state index contributed by atoms with van der Waals surface area (Å²) in [6.45, 7) is 3.28. The zero-order valence-corrected chi connectivity index (χ0v) is 14.8. The molecule has 3 heterocycles. The maximum atomic E-state index is 12.1. The smallest absolute Gasteiger partial charge is 0.267 e. The number of rotatable bonds is 6. The molecule has 3 rings (SSSR count). The molecule has 8 heteroatoms. The number of hydrogen-bond acceptors (Lipinski definition) is 6. The van der Waals surface area contributed by atoms with Crippen LogP contribution < -0.4 is 15.8 Å². The molecule has 0 fully saturated rings. The fourth-order valence-corrected chi connectivity index (χ4v) is 3.37. The van der Waals surface area contributed by atoms with Crippen molar-refractivity contribution in [1.29, 1.82) is 0 Å². The highest BCUT2D eigenvalue weighted by molar-refractivity contribution is 7.16. The summed E-state index contributed by atoms with van der Waals surface area (Å²) in [6, 6.07) is 6.54. The second-order valence-corrected chi connectivity index (χ2v) is 6.86. The summed E-state index contributed by atoms with van der Waals surface area (Å²) in [5.41, 5.74) is -0.0205. The molecule has 3 aromatic rings. The Balaban J connectivity index is 1.59. The molecule has 0 spiro atoms. The van der Waals surface area contributed by atoms with Crippen LogP contribution in [0.15, 0.2) is 40.8 Å². The summed E-state index contributed by atoms with van der Waals surface area (Å²) in [7, 11) is 1.98. The Morgan fingerprint density at radius 2 is 2.20 bits per heavy atom. The van der Waals surface area contributed by atoms with E-state index < -0.39 is 0 Å². The van der Waals surface area contributed by atoms with E-state index in [1.54, 1.807) is 29.8 Å². The number of hydrogen-bond donors (Lipinski definition) is 2. The van der Waals surface area contributed by atoms with Crippen molar-refractivity contribution in [3.63, 3.8) is 0 Å². The lowest BCUT2D eigenvalue weighted by Crippen LogP contribution is -2.35. The van der Waals surface area contributed by atoms with Crippen molar-refractivity contribution >= 4 is 33.3 Å². The maximum absolute atomic E-state index is 12.1. The third-order valence-corrected chi connectivity index (χ3v) is 4.63. The van der Waals surface area contributed by atoms with Gasteiger partial charge in [0.1, 0.15) is 22.7 Å². The highest BCUT2D eigenvalue weighted by Gasteiger charge is 2.14. The fraction of sp³-hybridized carbons (Fsp3) is 0.294. The summed E-state index contributed by atoms with van der Waals surface area (Å²) >= 11 is 1.59. The second kappa shape index (κ2) is 7.43. The molecule has 0 bridgehead atoms. The number of H-pyrrole nitrogens is 1. The molecule has 0 aromatic carbocycles. The molecule has 2 N–H and O–H groups in total. The minimum Gasteiger partial charge on any atom is -0.359 e. The zero-order chi connectivity index (χ0) is 17.8. The Bertz CT molecular complexity index is 936. The quantitative estimate of drug-likeness (QED) is 0.703. The van der Waals surface area contributed by atoms with E-state index in [9.17, 15) is 9.59 Å². The van der Waals surface area contributed by atoms with Crippen LogP contribution in [-0.2, 0) is 0 Å². The van der Waals surface area contributed by atoms with Crippen LogP contribution in [0, 0.1) is 5.92 Å². The van der Waals surface area contributed by atoms with Gasteiger partial charge in [-0.05, 0) is 23.4 Å². The number of aromatic amines is 1. The Morgan fingerprint density at radius 1 is 1.36 bits per heavy atom. The Labute approximate surface area is 148 Å². The molecule has 7 nitrogen and oxygen atoms in total. The van der Waals surface area contributed by atoms with E-state index >= 15 is 0 Å². The van der Waals surface area contributed by atoms with Crippen molar-refractivity contribution in [3.8, 4) is 0 Å². The molecular formula is C17H19N5O2S. The first-order valence-electron chi connectivity index (χ1n) is 7.91. The van der Waals surface area contributed by atoms with Crippen LogP contribution in [0.1, 0.15) is 17.4 Å². The van der Waals surface area contributed by atoms with E-state index in [1.165, 1.54) is 6.07 Å². The maximum Gasteiger partial charge on any atom is 0.267 e. The standard InChI is InChI=1S/C17H19N5O2S/c1-11(8-18-16(24)13-4-3-5-14(23)21-13)9-22(2)15-12-6-7-25-17(12)20-10-19-15/h3-7,10-11H,8-9H2,1-2H3,(H,18,24)(H,21,23). The average Bonchev–Trinajstić information content (AvgIpc) is 3.08. The largest absolute Gasteiger partial charge is 0.359 e. The van der Waals surface area contributed by atoms with Crippen molar-refractivity contribution < 1.29 is 4.79 Å². The lowest BCUT2D eigenvalue weighted by molar-refractivity contribution is 0.0943. The molecular weight excluding hydrogens is 338 g/mol. The van der Waals surface area contributed by atoms with Gasteiger partial charge in [-0.2, -0.15) is 0 Å². The van der Waals surface area contributed by atoms with Crippen LogP contribution in [0.2, 0.25) is 0 Å². The van der Waals surface area contributed by atoms with E-state index in [1.807, 2.05) is 18.5 Å². The van der Waals surface area contributed by atoms with E-state index in [-0.39, 0.29) is 23.1 Å². The van der Waals surface area contributed by atoms with Crippen molar-refractivity contribution in [2.75, 3.05) is 25.0 Å². The number of aromatic nitrogens is 3. The van der Waals surface area contributed by atoms with Crippen LogP contribution >= 0.6 is 11.3 Å². The fourth-order valence-electron chi connectivity index (χ4n) is 2.64. The van der Waals surface area contributed by atoms with E-state index in [2.05, 4.69) is 32.1 Å². The first-order chi connectivity index (χ1) is 12.0. The first kappa shape index (κ1) is 17.1. The van der Waals surface area contributed by atoms with Crippen LogP contribution in [0.3, 0.4) is 0 Å². The van der Waals surface area contributed by atoms with Crippen LogP contribution in [0.25, 0.3) is 10.2 Å². The van der Waals surface area contributed by atoms with Crippen LogP contribution in [-0.4, -0.2) is 41.0 Å². The summed E-state index contributed by atoms with van der Waals surface area (Å²) in [5, 5.41) is 5.88. The van der Waals surface area contributed by atoms with Crippen LogP contribution in [0.5, 0.6) is 0 Å². The number of amides is 1. The van der Waals surface area contributed by atoms with Gasteiger partial charge < -0.3 is 15.2 Å². The molecule has 0 aliphatic rings. The molecule has 1 unspecified atom stereocenters. The SMILES string of the molecule is CC(CNC(=O)c1cccc(=O)[nH]1)CN(C)c1ncnc2sccc12. The second-order valence-electron chi connectivity index (χ2n) is 5.96. The lowest BCUT2D eigenvalue weighted by Gasteiger charge is -2.23. The highest BCUT2D eigenvalue weighted by atomic mass is 32.1. The van der Waals surface area contributed by atoms with E-state index in [4.69, 9.17) is 0 Å². The number of thiophene rings is 1. The number of carbonyl (C=O) groups excluding carboxylic acids is 1. The molecule has 1 atom stereocenters. The predicted octanol–water partition coefficient (Wildman–Crippen LogP) is 1.88. The number of nitrogens with one attached hydrogen (secondary N) is 2. The summed E-state index contributed by atoms with van der Waals surface area (Å²) in [5.74, 6) is 0.805. The van der Waals surface area contributed by atoms with Crippen molar-refractivity contribution in [1.82, 2.24) is 20.3 Å². The van der Waals surface area contributed by atoms with Gasteiger partial charge in [-0.1, -0.05) is 13.0 Å². The number of anilines is 1. The predicted molar refractivity (Wildman–Crippen MR) is 99.2 cm³/mol. The molecule has 0 saturated carbocycles. The minimum atomic E-state index is -0.288. The van der Waals surface area contributed by atoms with Crippen molar-refractivity contribution in [2.24, 2.45) is 5.92 Å². The van der Waals surface area contributed by atoms with Crippen molar-refractivity contribution in [3.05, 3.63) is 52.0 Å². The monoisotopic (exact) mass is 357 g/mol. The van der Waals surface area contributed by atoms with E-state index in [0.29, 0.717) is 6.54 Å². The minimum absolute atomic E-state index is 0.202. The zero-order valence-electron chi connectivity index (χ0n) is 14.0. The third-order valence-electron chi connectivity index (χ3n) is 3.81. The van der Waals surface area contributed by atoms with Gasteiger partial charge >= 0.3 is 0 Å². The molecule has 1 amide bonds. The Morgan fingerprint density at radius 3 is 3.00 bits per heavy atom. The molecule has 0 saturated heterocycles. The molecule has 0 radical (unpaired) electrons. The molecule has 25 heavy (non-hydrogen) atoms. The molecule has 0 aliphatic heterocycles. The molecule has 130 valence electrons. The summed E-state index contributed by atoms with van der Waals surface area (Å²) in [6.07, 6.45) is 1.57. The van der Waals surface area contributed by atoms with Gasteiger partial charge in [-0.3, -0.25) is 9.59 Å². The van der Waals surface area contributed by atoms with Crippen LogP contribution in [0.4, 0.5) is 5.82 Å². The number of pyridine rings is 1. The normalized spacial score (nSPS) is 12.1. The topological polar surface area (TPSA) is 91.0 Å². The first-order valence-corrected chi connectivity index (χ1v) is 8.79. The van der Waals surface area contributed by atoms with Gasteiger partial charge in [-0.25, -0.2) is 9.97 Å². The van der Waals surface area contributed by atoms with E-state index in [0.717, 1.165) is 22.6 Å². The van der Waals surface area contributed by atoms with Gasteiger partial charge in [-0.15, -0.1) is 11.3 Å².